The van der Waals surface area contributed by atoms with E-state index in [2.05, 4.69) is 29.8 Å². The van der Waals surface area contributed by atoms with Gasteiger partial charge in [-0.1, -0.05) is 13.8 Å². The maximum absolute atomic E-state index is 7.67. The van der Waals surface area contributed by atoms with Gasteiger partial charge in [0.05, 0.1) is 12.6 Å². The van der Waals surface area contributed by atoms with E-state index in [1.54, 1.807) is 11.3 Å². The molecule has 0 saturated heterocycles. The van der Waals surface area contributed by atoms with E-state index < -0.39 is 0 Å². The van der Waals surface area contributed by atoms with E-state index in [0.29, 0.717) is 12.6 Å². The van der Waals surface area contributed by atoms with Gasteiger partial charge >= 0.3 is 0 Å². The monoisotopic (exact) mass is 265 g/mol. The molecule has 0 aromatic carbocycles. The molecular weight excluding hydrogens is 246 g/mol. The van der Waals surface area contributed by atoms with Gasteiger partial charge in [-0.2, -0.15) is 4.99 Å². The molecule has 4 nitrogen and oxygen atoms in total. The summed E-state index contributed by atoms with van der Waals surface area (Å²) in [4.78, 5) is 6.66. The van der Waals surface area contributed by atoms with Crippen molar-refractivity contribution < 1.29 is 4.74 Å². The Bertz CT molecular complexity index is 441. The molecule has 0 spiro atoms. The van der Waals surface area contributed by atoms with Crippen LogP contribution in [0.4, 0.5) is 5.00 Å². The number of nitrogens with one attached hydrogen (secondary N) is 1. The largest absolute Gasteiger partial charge is 0.465 e. The molecule has 0 saturated carbocycles. The lowest BCUT2D eigenvalue weighted by molar-refractivity contribution is 0.216. The van der Waals surface area contributed by atoms with Crippen LogP contribution in [0.15, 0.2) is 16.4 Å². The van der Waals surface area contributed by atoms with E-state index in [-0.39, 0.29) is 6.04 Å². The molecular formula is C13H19N3OS. The zero-order valence-corrected chi connectivity index (χ0v) is 11.7. The Morgan fingerprint density at radius 1 is 1.50 bits per heavy atom. The Hall–Kier alpha value is -1.36. The number of amidine groups is 1. The molecule has 1 N–H and O–H groups in total. The first-order chi connectivity index (χ1) is 8.81. The average Bonchev–Trinajstić information content (AvgIpc) is 2.84. The fraction of sp³-hybridized carbons (Fsp3) is 0.538. The summed E-state index contributed by atoms with van der Waals surface area (Å²) in [5.74, 6) is 0. The Balaban J connectivity index is 2.32. The molecule has 0 bridgehead atoms. The summed E-state index contributed by atoms with van der Waals surface area (Å²) in [6, 6.07) is 2.69. The first-order valence-electron chi connectivity index (χ1n) is 6.37. The molecule has 0 amide bonds. The van der Waals surface area contributed by atoms with Crippen molar-refractivity contribution in [3.8, 4) is 0 Å². The zero-order valence-electron chi connectivity index (χ0n) is 10.8. The number of ether oxygens (including phenoxy) is 1. The molecule has 1 aromatic heterocycles. The second-order valence-corrected chi connectivity index (χ2v) is 5.12. The number of aliphatic imine (C=N–C) groups is 1. The second kappa shape index (κ2) is 6.00. The number of thiophene rings is 1. The topological polar surface area (TPSA) is 48.7 Å². The van der Waals surface area contributed by atoms with Crippen LogP contribution in [0.2, 0.25) is 0 Å². The van der Waals surface area contributed by atoms with E-state index in [4.69, 9.17) is 10.1 Å². The van der Waals surface area contributed by atoms with Gasteiger partial charge in [-0.3, -0.25) is 0 Å². The van der Waals surface area contributed by atoms with Crippen LogP contribution in [0.1, 0.15) is 38.3 Å². The molecule has 0 radical (unpaired) electrons. The maximum Gasteiger partial charge on any atom is 0.294 e. The highest BCUT2D eigenvalue weighted by Crippen LogP contribution is 2.38. The number of nitrogens with zero attached hydrogens (tertiary/aromatic N) is 2. The van der Waals surface area contributed by atoms with Crippen LogP contribution in [0.3, 0.4) is 0 Å². The van der Waals surface area contributed by atoms with Crippen LogP contribution in [0.5, 0.6) is 0 Å². The smallest absolute Gasteiger partial charge is 0.294 e. The molecule has 18 heavy (non-hydrogen) atoms. The van der Waals surface area contributed by atoms with Gasteiger partial charge in [0, 0.05) is 18.3 Å². The van der Waals surface area contributed by atoms with Crippen LogP contribution in [0.25, 0.3) is 0 Å². The summed E-state index contributed by atoms with van der Waals surface area (Å²) in [7, 11) is 0. The minimum absolute atomic E-state index is 0.0319. The van der Waals surface area contributed by atoms with E-state index in [9.17, 15) is 0 Å². The van der Waals surface area contributed by atoms with Crippen molar-refractivity contribution in [2.45, 2.75) is 32.7 Å². The Morgan fingerprint density at radius 2 is 2.33 bits per heavy atom. The van der Waals surface area contributed by atoms with Crippen LogP contribution in [0, 0.1) is 5.41 Å². The number of hydrogen-bond donors (Lipinski definition) is 1. The Labute approximate surface area is 112 Å². The third kappa shape index (κ3) is 2.41. The summed E-state index contributed by atoms with van der Waals surface area (Å²) < 4.78 is 5.73. The highest BCUT2D eigenvalue weighted by molar-refractivity contribution is 7.14. The lowest BCUT2D eigenvalue weighted by Gasteiger charge is -2.33. The predicted molar refractivity (Wildman–Crippen MR) is 76.2 cm³/mol. The molecule has 5 heteroatoms. The first kappa shape index (κ1) is 13.1. The number of rotatable bonds is 5. The standard InChI is InChI=1S/C13H19N3OS/c1-3-6-16-11(9-14)10-5-8-18-12(10)15-13(16)17-7-4-2/h5,8-9,11,14H,3-4,6-7H2,1-2H3. The normalized spacial score (nSPS) is 18.2. The van der Waals surface area contributed by atoms with Crippen molar-refractivity contribution in [2.24, 2.45) is 4.99 Å². The lowest BCUT2D eigenvalue weighted by Crippen LogP contribution is -2.39. The van der Waals surface area contributed by atoms with Crippen molar-refractivity contribution in [3.63, 3.8) is 0 Å². The summed E-state index contributed by atoms with van der Waals surface area (Å²) in [5, 5.41) is 10.7. The van der Waals surface area contributed by atoms with Crippen molar-refractivity contribution in [2.75, 3.05) is 13.2 Å². The molecule has 1 aliphatic rings. The third-order valence-electron chi connectivity index (χ3n) is 2.83. The van der Waals surface area contributed by atoms with Crippen LogP contribution in [-0.4, -0.2) is 30.3 Å². The molecule has 0 fully saturated rings. The highest BCUT2D eigenvalue weighted by atomic mass is 32.1. The van der Waals surface area contributed by atoms with E-state index >= 15 is 0 Å². The maximum atomic E-state index is 7.67. The Morgan fingerprint density at radius 3 is 3.00 bits per heavy atom. The first-order valence-corrected chi connectivity index (χ1v) is 7.25. The van der Waals surface area contributed by atoms with E-state index in [1.165, 1.54) is 6.21 Å². The lowest BCUT2D eigenvalue weighted by atomic mass is 10.1. The fourth-order valence-corrected chi connectivity index (χ4v) is 2.83. The van der Waals surface area contributed by atoms with Gasteiger partial charge < -0.3 is 15.0 Å². The fourth-order valence-electron chi connectivity index (χ4n) is 2.03. The van der Waals surface area contributed by atoms with Gasteiger partial charge in [0.15, 0.2) is 0 Å². The Kier molecular flexibility index (Phi) is 4.36. The molecule has 1 unspecified atom stereocenters. The van der Waals surface area contributed by atoms with Crippen molar-refractivity contribution in [3.05, 3.63) is 17.0 Å². The van der Waals surface area contributed by atoms with E-state index in [0.717, 1.165) is 30.0 Å². The summed E-state index contributed by atoms with van der Waals surface area (Å²) in [5.41, 5.74) is 1.12. The SMILES string of the molecule is CCCOC1=Nc2sccc2C(C=N)N1CCC. The molecule has 1 aliphatic heterocycles. The summed E-state index contributed by atoms with van der Waals surface area (Å²) >= 11 is 1.60. The third-order valence-corrected chi connectivity index (χ3v) is 3.65. The van der Waals surface area contributed by atoms with Crippen LogP contribution < -0.4 is 0 Å². The van der Waals surface area contributed by atoms with Crippen LogP contribution >= 0.6 is 11.3 Å². The zero-order chi connectivity index (χ0) is 13.0. The minimum atomic E-state index is -0.0319. The molecule has 98 valence electrons. The molecule has 1 aromatic rings. The predicted octanol–water partition coefficient (Wildman–Crippen LogP) is 3.58. The van der Waals surface area contributed by atoms with Gasteiger partial charge in [0.1, 0.15) is 5.00 Å². The summed E-state index contributed by atoms with van der Waals surface area (Å²) in [6.07, 6.45) is 3.45. The summed E-state index contributed by atoms with van der Waals surface area (Å²) in [6.45, 7) is 5.74. The minimum Gasteiger partial charge on any atom is -0.465 e. The van der Waals surface area contributed by atoms with Crippen molar-refractivity contribution in [1.29, 1.82) is 5.41 Å². The van der Waals surface area contributed by atoms with Gasteiger partial charge in [-0.05, 0) is 24.3 Å². The average molecular weight is 265 g/mol. The second-order valence-electron chi connectivity index (χ2n) is 4.23. The number of hydrogen-bond acceptors (Lipinski definition) is 5. The van der Waals surface area contributed by atoms with Crippen molar-refractivity contribution in [1.82, 2.24) is 4.90 Å². The molecule has 2 heterocycles. The number of fused-ring (bicyclic) bond motifs is 1. The quantitative estimate of drug-likeness (QED) is 0.827. The van der Waals surface area contributed by atoms with Gasteiger partial charge in [0.2, 0.25) is 0 Å². The van der Waals surface area contributed by atoms with Crippen molar-refractivity contribution >= 4 is 28.6 Å². The molecule has 2 rings (SSSR count). The van der Waals surface area contributed by atoms with Gasteiger partial charge in [-0.15, -0.1) is 11.3 Å². The molecule has 0 aliphatic carbocycles. The van der Waals surface area contributed by atoms with Gasteiger partial charge in [0.25, 0.3) is 6.02 Å². The van der Waals surface area contributed by atoms with Crippen LogP contribution in [-0.2, 0) is 4.74 Å². The van der Waals surface area contributed by atoms with Gasteiger partial charge in [-0.25, -0.2) is 0 Å². The van der Waals surface area contributed by atoms with E-state index in [1.807, 2.05) is 5.38 Å². The highest BCUT2D eigenvalue weighted by Gasteiger charge is 2.29. The molecule has 1 atom stereocenters.